The number of aryl methyl sites for hydroxylation is 2. The number of rotatable bonds is 7. The van der Waals surface area contributed by atoms with E-state index in [1.54, 1.807) is 24.3 Å². The summed E-state index contributed by atoms with van der Waals surface area (Å²) in [5.74, 6) is -3.87. The summed E-state index contributed by atoms with van der Waals surface area (Å²) in [6, 6.07) is 19.6. The molecule has 0 atom stereocenters. The number of hydrogen-bond donors (Lipinski definition) is 3. The summed E-state index contributed by atoms with van der Waals surface area (Å²) in [5, 5.41) is 16.9. The lowest BCUT2D eigenvalue weighted by molar-refractivity contribution is -0.192. The molecule has 8 nitrogen and oxygen atoms in total. The molecule has 1 aliphatic carbocycles. The van der Waals surface area contributed by atoms with Gasteiger partial charge < -0.3 is 15.1 Å². The lowest BCUT2D eigenvalue weighted by atomic mass is 9.92. The minimum absolute atomic E-state index is 0.0362. The summed E-state index contributed by atoms with van der Waals surface area (Å²) in [6.07, 6.45) is -1.04. The van der Waals surface area contributed by atoms with Gasteiger partial charge in [0.25, 0.3) is 10.0 Å². The maximum atomic E-state index is 13.0. The van der Waals surface area contributed by atoms with E-state index in [0.717, 1.165) is 36.8 Å². The zero-order chi connectivity index (χ0) is 28.8. The lowest BCUT2D eigenvalue weighted by Gasteiger charge is -2.22. The van der Waals surface area contributed by atoms with E-state index in [1.807, 2.05) is 48.3 Å². The van der Waals surface area contributed by atoms with E-state index in [1.165, 1.54) is 11.6 Å². The molecule has 0 spiro atoms. The number of nitrogens with one attached hydrogen (secondary N) is 1. The van der Waals surface area contributed by atoms with Crippen LogP contribution in [-0.4, -0.2) is 43.8 Å². The molecule has 0 aliphatic heterocycles. The SMILES string of the molecule is CN(Cc1ccccc1)c1ccc(NS(=O)(=O)c2ccc3c(c2)CCCC3)cc1C(=O)O.O=C(O)C(F)(F)F. The summed E-state index contributed by atoms with van der Waals surface area (Å²) in [6.45, 7) is 0.529. The fourth-order valence-electron chi connectivity index (χ4n) is 4.14. The van der Waals surface area contributed by atoms with Crippen molar-refractivity contribution >= 4 is 33.3 Å². The zero-order valence-corrected chi connectivity index (χ0v) is 21.7. The van der Waals surface area contributed by atoms with Gasteiger partial charge in [-0.3, -0.25) is 4.72 Å². The van der Waals surface area contributed by atoms with Crippen LogP contribution in [0.5, 0.6) is 0 Å². The van der Waals surface area contributed by atoms with Crippen molar-refractivity contribution in [1.82, 2.24) is 0 Å². The average Bonchev–Trinajstić information content (AvgIpc) is 2.88. The molecule has 39 heavy (non-hydrogen) atoms. The molecule has 12 heteroatoms. The quantitative estimate of drug-likeness (QED) is 0.354. The number of carboxylic acid groups (broad SMARTS) is 2. The first-order chi connectivity index (χ1) is 18.3. The van der Waals surface area contributed by atoms with Crippen LogP contribution in [0, 0.1) is 0 Å². The molecule has 0 saturated carbocycles. The number of fused-ring (bicyclic) bond motifs is 1. The van der Waals surface area contributed by atoms with Crippen molar-refractivity contribution < 1.29 is 41.4 Å². The molecule has 0 bridgehead atoms. The Bertz CT molecular complexity index is 1440. The number of hydrogen-bond acceptors (Lipinski definition) is 5. The maximum absolute atomic E-state index is 13.0. The highest BCUT2D eigenvalue weighted by Crippen LogP contribution is 2.28. The van der Waals surface area contributed by atoms with Gasteiger partial charge in [-0.1, -0.05) is 36.4 Å². The molecule has 1 aliphatic rings. The van der Waals surface area contributed by atoms with E-state index in [0.29, 0.717) is 12.2 Å². The average molecular weight is 565 g/mol. The fraction of sp³-hybridized carbons (Fsp3) is 0.259. The van der Waals surface area contributed by atoms with Crippen molar-refractivity contribution in [2.75, 3.05) is 16.7 Å². The van der Waals surface area contributed by atoms with E-state index in [-0.39, 0.29) is 16.1 Å². The Labute approximate surface area is 223 Å². The molecule has 0 radical (unpaired) electrons. The largest absolute Gasteiger partial charge is 0.490 e. The van der Waals surface area contributed by atoms with Gasteiger partial charge in [-0.25, -0.2) is 18.0 Å². The molecule has 3 N–H and O–H groups in total. The standard InChI is InChI=1S/C25H26N2O4S.C2HF3O2/c1-27(17-18-7-3-2-4-8-18)24-14-12-21(16-23(24)25(28)29)26-32(30,31)22-13-11-19-9-5-6-10-20(19)15-22;3-2(4,5)1(6)7/h2-4,7-8,11-16,26H,5-6,9-10,17H2,1H3,(H,28,29);(H,6,7). The normalized spacial score (nSPS) is 12.9. The Hall–Kier alpha value is -4.06. The minimum Gasteiger partial charge on any atom is -0.478 e. The van der Waals surface area contributed by atoms with Crippen LogP contribution in [0.2, 0.25) is 0 Å². The first-order valence-corrected chi connectivity index (χ1v) is 13.3. The van der Waals surface area contributed by atoms with E-state index in [9.17, 15) is 31.5 Å². The molecule has 3 aromatic carbocycles. The zero-order valence-electron chi connectivity index (χ0n) is 20.9. The monoisotopic (exact) mass is 564 g/mol. The number of nitrogens with zero attached hydrogens (tertiary/aromatic N) is 1. The predicted molar refractivity (Wildman–Crippen MR) is 140 cm³/mol. The molecule has 0 amide bonds. The van der Waals surface area contributed by atoms with Gasteiger partial charge in [-0.05, 0) is 72.7 Å². The number of halogens is 3. The summed E-state index contributed by atoms with van der Waals surface area (Å²) >= 11 is 0. The lowest BCUT2D eigenvalue weighted by Crippen LogP contribution is -2.21. The third kappa shape index (κ3) is 7.96. The van der Waals surface area contributed by atoms with Crippen molar-refractivity contribution in [3.8, 4) is 0 Å². The van der Waals surface area contributed by atoms with E-state index in [2.05, 4.69) is 4.72 Å². The molecule has 0 fully saturated rings. The van der Waals surface area contributed by atoms with E-state index >= 15 is 0 Å². The number of aliphatic carboxylic acids is 1. The van der Waals surface area contributed by atoms with Gasteiger partial charge >= 0.3 is 18.1 Å². The van der Waals surface area contributed by atoms with Crippen LogP contribution in [-0.2, 0) is 34.2 Å². The molecule has 0 unspecified atom stereocenters. The van der Waals surface area contributed by atoms with Crippen LogP contribution in [0.25, 0.3) is 0 Å². The molecule has 0 heterocycles. The van der Waals surface area contributed by atoms with Crippen LogP contribution < -0.4 is 9.62 Å². The summed E-state index contributed by atoms with van der Waals surface area (Å²) in [4.78, 5) is 22.8. The molecule has 208 valence electrons. The molecule has 4 rings (SSSR count). The summed E-state index contributed by atoms with van der Waals surface area (Å²) < 4.78 is 60.2. The van der Waals surface area contributed by atoms with E-state index in [4.69, 9.17) is 9.90 Å². The Morgan fingerprint density at radius 3 is 2.13 bits per heavy atom. The molecular weight excluding hydrogens is 537 g/mol. The summed E-state index contributed by atoms with van der Waals surface area (Å²) in [5.41, 5.74) is 4.09. The second kappa shape index (κ2) is 12.2. The smallest absolute Gasteiger partial charge is 0.478 e. The predicted octanol–water partition coefficient (Wildman–Crippen LogP) is 5.33. The highest BCUT2D eigenvalue weighted by Gasteiger charge is 2.38. The number of alkyl halides is 3. The topological polar surface area (TPSA) is 124 Å². The Kier molecular flexibility index (Phi) is 9.23. The number of carboxylic acids is 2. The summed E-state index contributed by atoms with van der Waals surface area (Å²) in [7, 11) is -2.02. The van der Waals surface area contributed by atoms with Gasteiger partial charge in [-0.15, -0.1) is 0 Å². The highest BCUT2D eigenvalue weighted by atomic mass is 32.2. The second-order valence-electron chi connectivity index (χ2n) is 8.92. The van der Waals surface area contributed by atoms with Gasteiger partial charge in [0.15, 0.2) is 0 Å². The van der Waals surface area contributed by atoms with Crippen LogP contribution in [0.1, 0.15) is 39.9 Å². The van der Waals surface area contributed by atoms with Crippen LogP contribution >= 0.6 is 0 Å². The van der Waals surface area contributed by atoms with Crippen molar-refractivity contribution in [2.45, 2.75) is 43.3 Å². The third-order valence-electron chi connectivity index (χ3n) is 6.03. The third-order valence-corrected chi connectivity index (χ3v) is 7.40. The molecule has 0 aromatic heterocycles. The van der Waals surface area contributed by atoms with Crippen molar-refractivity contribution in [3.05, 3.63) is 89.0 Å². The van der Waals surface area contributed by atoms with Gasteiger partial charge in [0.05, 0.1) is 16.1 Å². The Balaban J connectivity index is 0.000000532. The minimum atomic E-state index is -5.08. The van der Waals surface area contributed by atoms with E-state index < -0.39 is 28.1 Å². The number of carbonyl (C=O) groups is 2. The van der Waals surface area contributed by atoms with Crippen molar-refractivity contribution in [3.63, 3.8) is 0 Å². The van der Waals surface area contributed by atoms with Gasteiger partial charge in [0.1, 0.15) is 0 Å². The number of sulfonamides is 1. The number of anilines is 2. The highest BCUT2D eigenvalue weighted by molar-refractivity contribution is 7.92. The van der Waals surface area contributed by atoms with Crippen LogP contribution in [0.15, 0.2) is 71.6 Å². The van der Waals surface area contributed by atoms with Crippen molar-refractivity contribution in [1.29, 1.82) is 0 Å². The number of aromatic carboxylic acids is 1. The second-order valence-corrected chi connectivity index (χ2v) is 10.6. The molecule has 3 aromatic rings. The van der Waals surface area contributed by atoms with Crippen LogP contribution in [0.3, 0.4) is 0 Å². The molecular formula is C27H27F3N2O6S. The Morgan fingerprint density at radius 1 is 0.923 bits per heavy atom. The Morgan fingerprint density at radius 2 is 1.54 bits per heavy atom. The van der Waals surface area contributed by atoms with Gasteiger partial charge in [-0.2, -0.15) is 13.2 Å². The molecule has 0 saturated heterocycles. The first-order valence-electron chi connectivity index (χ1n) is 11.8. The first kappa shape index (κ1) is 29.5. The van der Waals surface area contributed by atoms with Crippen molar-refractivity contribution in [2.24, 2.45) is 0 Å². The maximum Gasteiger partial charge on any atom is 0.490 e. The van der Waals surface area contributed by atoms with Crippen LogP contribution in [0.4, 0.5) is 24.5 Å². The number of benzene rings is 3. The van der Waals surface area contributed by atoms with Gasteiger partial charge in [0, 0.05) is 19.3 Å². The fourth-order valence-corrected chi connectivity index (χ4v) is 5.24. The van der Waals surface area contributed by atoms with Gasteiger partial charge in [0.2, 0.25) is 0 Å².